The van der Waals surface area contributed by atoms with E-state index in [9.17, 15) is 9.90 Å². The van der Waals surface area contributed by atoms with Crippen LogP contribution < -0.4 is 0 Å². The van der Waals surface area contributed by atoms with Crippen molar-refractivity contribution >= 4 is 28.0 Å². The third-order valence-corrected chi connectivity index (χ3v) is 9.47. The lowest BCUT2D eigenvalue weighted by Gasteiger charge is -2.51. The van der Waals surface area contributed by atoms with E-state index in [1.54, 1.807) is 0 Å². The molecule has 1 aromatic heterocycles. The van der Waals surface area contributed by atoms with Gasteiger partial charge in [-0.2, -0.15) is 0 Å². The number of furan rings is 1. The fraction of sp³-hybridized carbons (Fsp3) is 0.286. The number of amides is 1. The number of hydrogen-bond acceptors (Lipinski definition) is 4. The maximum absolute atomic E-state index is 13.6. The van der Waals surface area contributed by atoms with Crippen molar-refractivity contribution in [3.05, 3.63) is 108 Å². The standard InChI is InChI=1S/C35H31NO4/c37-34(39-21-31-27-12-3-1-10-25(27)26-11-2-4-13-28(26)31)36-23-8-7-9-24(36)20-35(38,19-23)22-16-17-33-30(18-22)29-14-5-6-15-32(29)40-33/h1-6,10-18,23-24,31,38H,7-9,19-21H2. The molecule has 4 aromatic carbocycles. The Hall–Kier alpha value is -4.09. The summed E-state index contributed by atoms with van der Waals surface area (Å²) in [6.07, 6.45) is 3.57. The van der Waals surface area contributed by atoms with Crippen molar-refractivity contribution in [3.63, 3.8) is 0 Å². The van der Waals surface area contributed by atoms with Crippen molar-refractivity contribution in [2.24, 2.45) is 0 Å². The molecule has 3 aliphatic rings. The van der Waals surface area contributed by atoms with E-state index in [2.05, 4.69) is 60.7 Å². The zero-order chi connectivity index (χ0) is 26.8. The van der Waals surface area contributed by atoms with E-state index in [-0.39, 0.29) is 24.1 Å². The van der Waals surface area contributed by atoms with Gasteiger partial charge in [0.1, 0.15) is 17.8 Å². The van der Waals surface area contributed by atoms with Gasteiger partial charge in [0, 0.05) is 41.6 Å². The molecule has 2 fully saturated rings. The third kappa shape index (κ3) is 3.61. The normalized spacial score (nSPS) is 23.8. The summed E-state index contributed by atoms with van der Waals surface area (Å²) in [7, 11) is 0. The Morgan fingerprint density at radius 3 is 2.17 bits per heavy atom. The predicted molar refractivity (Wildman–Crippen MR) is 155 cm³/mol. The van der Waals surface area contributed by atoms with Gasteiger partial charge < -0.3 is 19.2 Å². The van der Waals surface area contributed by atoms with Gasteiger partial charge in [-0.05, 0) is 65.3 Å². The molecule has 2 saturated heterocycles. The molecule has 2 aliphatic heterocycles. The molecule has 0 radical (unpaired) electrons. The quantitative estimate of drug-likeness (QED) is 0.260. The van der Waals surface area contributed by atoms with E-state index in [0.29, 0.717) is 19.4 Å². The lowest BCUT2D eigenvalue weighted by Crippen LogP contribution is -2.59. The number of carbonyl (C=O) groups excluding carboxylic acids is 1. The lowest BCUT2D eigenvalue weighted by atomic mass is 9.72. The Bertz CT molecular complexity index is 1710. The molecule has 40 heavy (non-hydrogen) atoms. The highest BCUT2D eigenvalue weighted by Crippen LogP contribution is 2.47. The van der Waals surface area contributed by atoms with Crippen LogP contribution in [0.2, 0.25) is 0 Å². The number of carbonyl (C=O) groups is 1. The Morgan fingerprint density at radius 2 is 1.45 bits per heavy atom. The molecular weight excluding hydrogens is 498 g/mol. The highest BCUT2D eigenvalue weighted by molar-refractivity contribution is 6.05. The third-order valence-electron chi connectivity index (χ3n) is 9.47. The smallest absolute Gasteiger partial charge is 0.410 e. The van der Waals surface area contributed by atoms with Crippen LogP contribution in [-0.4, -0.2) is 34.8 Å². The molecule has 3 heterocycles. The van der Waals surface area contributed by atoms with Crippen molar-refractivity contribution in [2.45, 2.75) is 55.7 Å². The fourth-order valence-corrected chi connectivity index (χ4v) is 7.65. The average molecular weight is 530 g/mol. The van der Waals surface area contributed by atoms with Gasteiger partial charge in [-0.1, -0.05) is 72.8 Å². The van der Waals surface area contributed by atoms with E-state index in [1.165, 1.54) is 22.3 Å². The number of piperidine rings is 2. The topological polar surface area (TPSA) is 62.9 Å². The van der Waals surface area contributed by atoms with Crippen LogP contribution in [0, 0.1) is 0 Å². The number of nitrogens with zero attached hydrogens (tertiary/aromatic N) is 1. The average Bonchev–Trinajstić information content (AvgIpc) is 3.51. The molecule has 0 saturated carbocycles. The van der Waals surface area contributed by atoms with Crippen LogP contribution in [0.15, 0.2) is 95.4 Å². The second-order valence-corrected chi connectivity index (χ2v) is 11.7. The summed E-state index contributed by atoms with van der Waals surface area (Å²) < 4.78 is 12.1. The summed E-state index contributed by atoms with van der Waals surface area (Å²) >= 11 is 0. The minimum Gasteiger partial charge on any atom is -0.456 e. The highest BCUT2D eigenvalue weighted by Gasteiger charge is 2.49. The van der Waals surface area contributed by atoms with Gasteiger partial charge in [0.05, 0.1) is 5.60 Å². The number of rotatable bonds is 3. The van der Waals surface area contributed by atoms with Crippen LogP contribution >= 0.6 is 0 Å². The molecule has 2 bridgehead atoms. The minimum atomic E-state index is -0.998. The molecule has 5 nitrogen and oxygen atoms in total. The molecule has 1 amide bonds. The first-order valence-electron chi connectivity index (χ1n) is 14.4. The maximum Gasteiger partial charge on any atom is 0.410 e. The summed E-state index contributed by atoms with van der Waals surface area (Å²) in [5, 5.41) is 14.1. The highest BCUT2D eigenvalue weighted by atomic mass is 16.6. The monoisotopic (exact) mass is 529 g/mol. The van der Waals surface area contributed by atoms with Crippen LogP contribution in [0.1, 0.15) is 54.7 Å². The molecule has 5 aromatic rings. The number of ether oxygens (including phenoxy) is 1. The summed E-state index contributed by atoms with van der Waals surface area (Å²) in [6.45, 7) is 0.317. The van der Waals surface area contributed by atoms with Gasteiger partial charge in [-0.15, -0.1) is 0 Å². The van der Waals surface area contributed by atoms with Crippen LogP contribution in [-0.2, 0) is 10.3 Å². The van der Waals surface area contributed by atoms with Gasteiger partial charge in [0.25, 0.3) is 0 Å². The van der Waals surface area contributed by atoms with Gasteiger partial charge >= 0.3 is 6.09 Å². The molecule has 0 spiro atoms. The molecule has 2 unspecified atom stereocenters. The van der Waals surface area contributed by atoms with Crippen molar-refractivity contribution in [1.29, 1.82) is 0 Å². The van der Waals surface area contributed by atoms with Crippen LogP contribution in [0.25, 0.3) is 33.1 Å². The van der Waals surface area contributed by atoms with Crippen molar-refractivity contribution < 1.29 is 19.1 Å². The first-order chi connectivity index (χ1) is 19.6. The largest absolute Gasteiger partial charge is 0.456 e. The van der Waals surface area contributed by atoms with E-state index >= 15 is 0 Å². The molecule has 200 valence electrons. The second-order valence-electron chi connectivity index (χ2n) is 11.7. The van der Waals surface area contributed by atoms with E-state index in [0.717, 1.165) is 46.8 Å². The Morgan fingerprint density at radius 1 is 0.825 bits per heavy atom. The van der Waals surface area contributed by atoms with Gasteiger partial charge in [-0.3, -0.25) is 0 Å². The molecular formula is C35H31NO4. The van der Waals surface area contributed by atoms with Crippen LogP contribution in [0.4, 0.5) is 4.79 Å². The van der Waals surface area contributed by atoms with Crippen molar-refractivity contribution in [2.75, 3.05) is 6.61 Å². The van der Waals surface area contributed by atoms with Crippen LogP contribution in [0.5, 0.6) is 0 Å². The van der Waals surface area contributed by atoms with Gasteiger partial charge in [0.2, 0.25) is 0 Å². The van der Waals surface area contributed by atoms with Gasteiger partial charge in [0.15, 0.2) is 0 Å². The van der Waals surface area contributed by atoms with Crippen molar-refractivity contribution in [1.82, 2.24) is 4.90 Å². The molecule has 1 aliphatic carbocycles. The Balaban J connectivity index is 1.04. The zero-order valence-corrected chi connectivity index (χ0v) is 22.3. The summed E-state index contributed by atoms with van der Waals surface area (Å²) in [5.74, 6) is 0.0365. The van der Waals surface area contributed by atoms with E-state index < -0.39 is 5.60 Å². The molecule has 5 heteroatoms. The number of fused-ring (bicyclic) bond motifs is 8. The van der Waals surface area contributed by atoms with Gasteiger partial charge in [-0.25, -0.2) is 4.79 Å². The van der Waals surface area contributed by atoms with Crippen molar-refractivity contribution in [3.8, 4) is 11.1 Å². The predicted octanol–water partition coefficient (Wildman–Crippen LogP) is 7.74. The molecule has 8 rings (SSSR count). The summed E-state index contributed by atoms with van der Waals surface area (Å²) in [4.78, 5) is 15.6. The second kappa shape index (κ2) is 8.97. The maximum atomic E-state index is 13.6. The summed E-state index contributed by atoms with van der Waals surface area (Å²) in [6, 6.07) is 30.8. The SMILES string of the molecule is O=C(OCC1c2ccccc2-c2ccccc21)N1C2CCCC1CC(O)(c1ccc3oc4ccccc4c3c1)C2. The Labute approximate surface area is 233 Å². The van der Waals surface area contributed by atoms with E-state index in [1.807, 2.05) is 35.2 Å². The first kappa shape index (κ1) is 23.8. The molecule has 2 atom stereocenters. The zero-order valence-electron chi connectivity index (χ0n) is 22.3. The first-order valence-corrected chi connectivity index (χ1v) is 14.4. The van der Waals surface area contributed by atoms with Crippen LogP contribution in [0.3, 0.4) is 0 Å². The minimum absolute atomic E-state index is 0.0365. The number of benzene rings is 4. The summed E-state index contributed by atoms with van der Waals surface area (Å²) in [5.41, 5.74) is 6.45. The number of para-hydroxylation sites is 1. The lowest BCUT2D eigenvalue weighted by molar-refractivity contribution is -0.0890. The van der Waals surface area contributed by atoms with E-state index in [4.69, 9.17) is 9.15 Å². The molecule has 1 N–H and O–H groups in total. The fourth-order valence-electron chi connectivity index (χ4n) is 7.65. The number of hydrogen-bond donors (Lipinski definition) is 1. The number of aliphatic hydroxyl groups is 1. The Kier molecular flexibility index (Phi) is 5.33.